The van der Waals surface area contributed by atoms with Crippen LogP contribution in [0.3, 0.4) is 0 Å². The van der Waals surface area contributed by atoms with Crippen LogP contribution in [0.15, 0.2) is 104 Å². The Labute approximate surface area is 224 Å². The van der Waals surface area contributed by atoms with E-state index in [2.05, 4.69) is 6.58 Å². The molecule has 0 aromatic heterocycles. The molecular weight excluding hydrogens is 484 g/mol. The lowest BCUT2D eigenvalue weighted by Gasteiger charge is -2.41. The number of rotatable bonds is 16. The first-order valence-corrected chi connectivity index (χ1v) is 12.4. The first-order valence-electron chi connectivity index (χ1n) is 12.4. The van der Waals surface area contributed by atoms with Crippen LogP contribution in [-0.4, -0.2) is 62.4 Å². The Balaban J connectivity index is 1.81. The molecule has 0 aliphatic heterocycles. The van der Waals surface area contributed by atoms with Crippen LogP contribution in [0, 0.1) is 0 Å². The average Bonchev–Trinajstić information content (AvgIpc) is 2.97. The van der Waals surface area contributed by atoms with Crippen LogP contribution in [0.2, 0.25) is 0 Å². The molecular formula is C31H36O7. The summed E-state index contributed by atoms with van der Waals surface area (Å²) in [6.45, 7) is 4.52. The maximum absolute atomic E-state index is 13.1. The van der Waals surface area contributed by atoms with Gasteiger partial charge in [-0.3, -0.25) is 0 Å². The van der Waals surface area contributed by atoms with Crippen molar-refractivity contribution in [1.82, 2.24) is 0 Å². The first kappa shape index (κ1) is 29.2. The van der Waals surface area contributed by atoms with Crippen molar-refractivity contribution in [3.8, 4) is 0 Å². The summed E-state index contributed by atoms with van der Waals surface area (Å²) in [6.07, 6.45) is -1.69. The summed E-state index contributed by atoms with van der Waals surface area (Å²) >= 11 is 0. The van der Waals surface area contributed by atoms with Crippen molar-refractivity contribution < 1.29 is 33.6 Å². The Hall–Kier alpha value is -3.33. The quantitative estimate of drug-likeness (QED) is 0.218. The fourth-order valence-electron chi connectivity index (χ4n) is 4.05. The molecule has 0 spiro atoms. The third kappa shape index (κ3) is 8.08. The van der Waals surface area contributed by atoms with Crippen LogP contribution in [0.25, 0.3) is 0 Å². The number of hydrogen-bond acceptors (Lipinski definition) is 7. The molecule has 0 saturated heterocycles. The molecule has 0 saturated carbocycles. The van der Waals surface area contributed by atoms with Gasteiger partial charge in [-0.05, 0) is 23.3 Å². The van der Waals surface area contributed by atoms with Crippen LogP contribution in [0.5, 0.6) is 0 Å². The monoisotopic (exact) mass is 520 g/mol. The highest BCUT2D eigenvalue weighted by molar-refractivity contribution is 5.89. The standard InChI is InChI=1S/C31H36O7/c1-4-31(33,28(35-3)23-37-21-25-16-10-6-11-17-25)29(38-30(32)26-18-12-7-13-19-26)27(34-2)22-36-20-24-14-8-5-9-15-24/h4-19,27-29,33H,1,20-23H2,2-3H3/t27-,28-,29-,31-/m1/s1. The van der Waals surface area contributed by atoms with E-state index in [0.29, 0.717) is 18.8 Å². The highest BCUT2D eigenvalue weighted by atomic mass is 16.6. The Kier molecular flexibility index (Phi) is 11.7. The zero-order chi connectivity index (χ0) is 27.2. The molecule has 38 heavy (non-hydrogen) atoms. The second-order valence-corrected chi connectivity index (χ2v) is 8.78. The number of methoxy groups -OCH3 is 2. The predicted octanol–water partition coefficient (Wildman–Crippen LogP) is 4.59. The number of carbonyl (C=O) groups is 1. The molecule has 0 fully saturated rings. The molecule has 3 aromatic carbocycles. The van der Waals surface area contributed by atoms with Crippen molar-refractivity contribution >= 4 is 5.97 Å². The molecule has 1 N–H and O–H groups in total. The lowest BCUT2D eigenvalue weighted by Crippen LogP contribution is -2.60. The molecule has 0 heterocycles. The molecule has 3 rings (SSSR count). The van der Waals surface area contributed by atoms with Gasteiger partial charge in [0.05, 0.1) is 32.0 Å². The van der Waals surface area contributed by atoms with Gasteiger partial charge in [0.15, 0.2) is 11.7 Å². The molecule has 0 unspecified atom stereocenters. The van der Waals surface area contributed by atoms with Crippen LogP contribution in [0.4, 0.5) is 0 Å². The van der Waals surface area contributed by atoms with E-state index >= 15 is 0 Å². The van der Waals surface area contributed by atoms with Crippen molar-refractivity contribution in [2.75, 3.05) is 27.4 Å². The summed E-state index contributed by atoms with van der Waals surface area (Å²) in [5.41, 5.74) is 0.411. The Morgan fingerprint density at radius 2 is 1.32 bits per heavy atom. The van der Waals surface area contributed by atoms with Crippen molar-refractivity contribution in [2.45, 2.75) is 37.1 Å². The lowest BCUT2D eigenvalue weighted by atomic mass is 9.86. The minimum atomic E-state index is -1.87. The van der Waals surface area contributed by atoms with Crippen LogP contribution >= 0.6 is 0 Å². The van der Waals surface area contributed by atoms with Crippen LogP contribution < -0.4 is 0 Å². The molecule has 0 radical (unpaired) electrons. The van der Waals surface area contributed by atoms with E-state index in [4.69, 9.17) is 23.7 Å². The van der Waals surface area contributed by atoms with Gasteiger partial charge in [0.2, 0.25) is 0 Å². The summed E-state index contributed by atoms with van der Waals surface area (Å²) in [5.74, 6) is -0.624. The fraction of sp³-hybridized carbons (Fsp3) is 0.323. The number of hydrogen-bond donors (Lipinski definition) is 1. The SMILES string of the molecule is C=C[C@](O)([C@H](OC(=O)c1ccccc1)[C@@H](COCc1ccccc1)OC)[C@@H](COCc1ccccc1)OC. The molecule has 0 bridgehead atoms. The largest absolute Gasteiger partial charge is 0.452 e. The Morgan fingerprint density at radius 1 is 0.816 bits per heavy atom. The molecule has 3 aromatic rings. The van der Waals surface area contributed by atoms with Gasteiger partial charge in [-0.15, -0.1) is 0 Å². The number of aliphatic hydroxyl groups is 1. The summed E-state index contributed by atoms with van der Waals surface area (Å²) in [5, 5.41) is 11.9. The smallest absolute Gasteiger partial charge is 0.338 e. The maximum Gasteiger partial charge on any atom is 0.338 e. The Bertz CT molecular complexity index is 1090. The Morgan fingerprint density at radius 3 is 1.79 bits per heavy atom. The van der Waals surface area contributed by atoms with Gasteiger partial charge in [-0.1, -0.05) is 91.5 Å². The van der Waals surface area contributed by atoms with Crippen molar-refractivity contribution in [3.05, 3.63) is 120 Å². The normalized spacial score (nSPS) is 15.1. The second kappa shape index (κ2) is 15.2. The third-order valence-corrected chi connectivity index (χ3v) is 6.24. The van der Waals surface area contributed by atoms with E-state index in [1.54, 1.807) is 30.3 Å². The van der Waals surface area contributed by atoms with E-state index in [-0.39, 0.29) is 13.2 Å². The van der Waals surface area contributed by atoms with Gasteiger partial charge in [0.1, 0.15) is 12.2 Å². The fourth-order valence-corrected chi connectivity index (χ4v) is 4.05. The van der Waals surface area contributed by atoms with Gasteiger partial charge in [0, 0.05) is 14.2 Å². The van der Waals surface area contributed by atoms with E-state index in [0.717, 1.165) is 11.1 Å². The molecule has 4 atom stereocenters. The van der Waals surface area contributed by atoms with E-state index in [9.17, 15) is 9.90 Å². The summed E-state index contributed by atoms with van der Waals surface area (Å²) < 4.78 is 29.0. The third-order valence-electron chi connectivity index (χ3n) is 6.24. The molecule has 7 nitrogen and oxygen atoms in total. The van der Waals surface area contributed by atoms with Gasteiger partial charge < -0.3 is 28.8 Å². The zero-order valence-electron chi connectivity index (χ0n) is 21.9. The van der Waals surface area contributed by atoms with Crippen molar-refractivity contribution in [3.63, 3.8) is 0 Å². The van der Waals surface area contributed by atoms with Gasteiger partial charge in [-0.2, -0.15) is 0 Å². The summed E-state index contributed by atoms with van der Waals surface area (Å²) in [4.78, 5) is 13.1. The molecule has 7 heteroatoms. The molecule has 0 aliphatic carbocycles. The highest BCUT2D eigenvalue weighted by Gasteiger charge is 2.49. The van der Waals surface area contributed by atoms with Crippen molar-refractivity contribution in [2.24, 2.45) is 0 Å². The van der Waals surface area contributed by atoms with Gasteiger partial charge in [0.25, 0.3) is 0 Å². The van der Waals surface area contributed by atoms with Crippen LogP contribution in [-0.2, 0) is 36.9 Å². The topological polar surface area (TPSA) is 83.5 Å². The molecule has 0 amide bonds. The lowest BCUT2D eigenvalue weighted by molar-refractivity contribution is -0.188. The number of esters is 1. The van der Waals surface area contributed by atoms with E-state index in [1.165, 1.54) is 20.3 Å². The highest BCUT2D eigenvalue weighted by Crippen LogP contribution is 2.28. The summed E-state index contributed by atoms with van der Waals surface area (Å²) in [7, 11) is 2.92. The maximum atomic E-state index is 13.1. The first-order chi connectivity index (χ1) is 18.5. The van der Waals surface area contributed by atoms with Crippen molar-refractivity contribution in [1.29, 1.82) is 0 Å². The minimum Gasteiger partial charge on any atom is -0.452 e. The molecule has 202 valence electrons. The number of benzene rings is 3. The predicted molar refractivity (Wildman–Crippen MR) is 145 cm³/mol. The second-order valence-electron chi connectivity index (χ2n) is 8.78. The molecule has 0 aliphatic rings. The minimum absolute atomic E-state index is 0.00854. The van der Waals surface area contributed by atoms with Gasteiger partial charge >= 0.3 is 5.97 Å². The number of ether oxygens (including phenoxy) is 5. The van der Waals surface area contributed by atoms with Gasteiger partial charge in [-0.25, -0.2) is 4.79 Å². The summed E-state index contributed by atoms with van der Waals surface area (Å²) in [6, 6.07) is 27.8. The van der Waals surface area contributed by atoms with E-state index in [1.807, 2.05) is 60.7 Å². The zero-order valence-corrected chi connectivity index (χ0v) is 21.9. The number of carbonyl (C=O) groups excluding carboxylic acids is 1. The van der Waals surface area contributed by atoms with Crippen LogP contribution in [0.1, 0.15) is 21.5 Å². The average molecular weight is 521 g/mol. The van der Waals surface area contributed by atoms with E-state index < -0.39 is 29.9 Å².